The average molecular weight is 248 g/mol. The van der Waals surface area contributed by atoms with Crippen molar-refractivity contribution in [3.63, 3.8) is 0 Å². The van der Waals surface area contributed by atoms with Gasteiger partial charge in [-0.05, 0) is 17.5 Å². The fourth-order valence-electron chi connectivity index (χ4n) is 2.15. The van der Waals surface area contributed by atoms with E-state index in [1.807, 2.05) is 4.90 Å². The molecule has 0 aliphatic carbocycles. The minimum atomic E-state index is -0.00268. The Bertz CT molecular complexity index is 403. The Labute approximate surface area is 108 Å². The first kappa shape index (κ1) is 13.1. The summed E-state index contributed by atoms with van der Waals surface area (Å²) in [6, 6.07) is 8.37. The second kappa shape index (κ2) is 5.98. The third-order valence-corrected chi connectivity index (χ3v) is 3.35. The van der Waals surface area contributed by atoms with E-state index in [4.69, 9.17) is 10.5 Å². The lowest BCUT2D eigenvalue weighted by Gasteiger charge is -2.34. The Morgan fingerprint density at radius 2 is 2.00 bits per heavy atom. The normalized spacial score (nSPS) is 20.2. The number of aryl methyl sites for hydroxylation is 1. The van der Waals surface area contributed by atoms with Crippen LogP contribution in [0.3, 0.4) is 0 Å². The molecule has 1 saturated heterocycles. The SMILES string of the molecule is CCc1ccc(CN2C(=O)COCC2CN)cc1. The van der Waals surface area contributed by atoms with Crippen LogP contribution in [-0.2, 0) is 22.5 Å². The molecule has 98 valence electrons. The molecule has 4 heteroatoms. The first-order valence-corrected chi connectivity index (χ1v) is 6.39. The van der Waals surface area contributed by atoms with Crippen molar-refractivity contribution in [1.82, 2.24) is 4.90 Å². The van der Waals surface area contributed by atoms with Gasteiger partial charge in [-0.3, -0.25) is 4.79 Å². The first-order valence-electron chi connectivity index (χ1n) is 6.39. The highest BCUT2D eigenvalue weighted by molar-refractivity contribution is 5.78. The predicted molar refractivity (Wildman–Crippen MR) is 70.0 cm³/mol. The second-order valence-electron chi connectivity index (χ2n) is 4.60. The molecule has 2 N–H and O–H groups in total. The van der Waals surface area contributed by atoms with E-state index in [0.29, 0.717) is 19.7 Å². The lowest BCUT2D eigenvalue weighted by atomic mass is 10.1. The molecule has 0 spiro atoms. The molecule has 1 aliphatic heterocycles. The zero-order valence-electron chi connectivity index (χ0n) is 10.8. The number of carbonyl (C=O) groups is 1. The summed E-state index contributed by atoms with van der Waals surface area (Å²) in [5, 5.41) is 0. The number of benzene rings is 1. The summed E-state index contributed by atoms with van der Waals surface area (Å²) in [5.74, 6) is 0.0243. The fourth-order valence-corrected chi connectivity index (χ4v) is 2.15. The van der Waals surface area contributed by atoms with E-state index in [9.17, 15) is 4.79 Å². The second-order valence-corrected chi connectivity index (χ2v) is 4.60. The van der Waals surface area contributed by atoms with E-state index in [-0.39, 0.29) is 18.6 Å². The largest absolute Gasteiger partial charge is 0.369 e. The van der Waals surface area contributed by atoms with E-state index in [1.165, 1.54) is 5.56 Å². The van der Waals surface area contributed by atoms with Crippen LogP contribution in [0, 0.1) is 0 Å². The standard InChI is InChI=1S/C14H20N2O2/c1-2-11-3-5-12(6-4-11)8-16-13(7-15)9-18-10-14(16)17/h3-6,13H,2,7-10,15H2,1H3. The zero-order valence-corrected chi connectivity index (χ0v) is 10.8. The molecule has 1 unspecified atom stereocenters. The van der Waals surface area contributed by atoms with Crippen molar-refractivity contribution < 1.29 is 9.53 Å². The zero-order chi connectivity index (χ0) is 13.0. The smallest absolute Gasteiger partial charge is 0.249 e. The maximum absolute atomic E-state index is 11.8. The maximum atomic E-state index is 11.8. The van der Waals surface area contributed by atoms with Gasteiger partial charge >= 0.3 is 0 Å². The average Bonchev–Trinajstić information content (AvgIpc) is 2.42. The molecule has 1 amide bonds. The van der Waals surface area contributed by atoms with Crippen molar-refractivity contribution in [2.45, 2.75) is 25.9 Å². The van der Waals surface area contributed by atoms with Crippen LogP contribution in [0.15, 0.2) is 24.3 Å². The van der Waals surface area contributed by atoms with Crippen molar-refractivity contribution in [3.8, 4) is 0 Å². The molecule has 0 saturated carbocycles. The Kier molecular flexibility index (Phi) is 4.33. The number of hydrogen-bond donors (Lipinski definition) is 1. The molecule has 4 nitrogen and oxygen atoms in total. The molecule has 1 heterocycles. The summed E-state index contributed by atoms with van der Waals surface area (Å²) >= 11 is 0. The van der Waals surface area contributed by atoms with Crippen molar-refractivity contribution in [1.29, 1.82) is 0 Å². The number of amides is 1. The van der Waals surface area contributed by atoms with E-state index >= 15 is 0 Å². The number of nitrogens with two attached hydrogens (primary N) is 1. The van der Waals surface area contributed by atoms with Gasteiger partial charge in [-0.25, -0.2) is 0 Å². The van der Waals surface area contributed by atoms with Crippen LogP contribution in [0.25, 0.3) is 0 Å². The van der Waals surface area contributed by atoms with Crippen molar-refractivity contribution >= 4 is 5.91 Å². The van der Waals surface area contributed by atoms with Crippen LogP contribution >= 0.6 is 0 Å². The molecule has 18 heavy (non-hydrogen) atoms. The summed E-state index contributed by atoms with van der Waals surface area (Å²) in [5.41, 5.74) is 8.13. The van der Waals surface area contributed by atoms with Crippen LogP contribution in [0.1, 0.15) is 18.1 Å². The van der Waals surface area contributed by atoms with Crippen LogP contribution in [0.2, 0.25) is 0 Å². The van der Waals surface area contributed by atoms with Crippen molar-refractivity contribution in [2.75, 3.05) is 19.8 Å². The molecular formula is C14H20N2O2. The molecule has 1 atom stereocenters. The number of ether oxygens (including phenoxy) is 1. The highest BCUT2D eigenvalue weighted by atomic mass is 16.5. The third-order valence-electron chi connectivity index (χ3n) is 3.35. The molecule has 1 fully saturated rings. The maximum Gasteiger partial charge on any atom is 0.249 e. The van der Waals surface area contributed by atoms with Crippen LogP contribution in [0.4, 0.5) is 0 Å². The minimum absolute atomic E-state index is 0.00268. The van der Waals surface area contributed by atoms with Gasteiger partial charge in [0, 0.05) is 13.1 Å². The van der Waals surface area contributed by atoms with E-state index in [2.05, 4.69) is 31.2 Å². The molecule has 0 aromatic heterocycles. The van der Waals surface area contributed by atoms with Gasteiger partial charge in [0.2, 0.25) is 5.91 Å². The summed E-state index contributed by atoms with van der Waals surface area (Å²) < 4.78 is 5.22. The first-order chi connectivity index (χ1) is 8.74. The molecule has 0 bridgehead atoms. The summed E-state index contributed by atoms with van der Waals surface area (Å²) in [7, 11) is 0. The van der Waals surface area contributed by atoms with Crippen molar-refractivity contribution in [2.24, 2.45) is 5.73 Å². The topological polar surface area (TPSA) is 55.6 Å². The molecule has 1 aromatic rings. The monoisotopic (exact) mass is 248 g/mol. The van der Waals surface area contributed by atoms with Crippen molar-refractivity contribution in [3.05, 3.63) is 35.4 Å². The van der Waals surface area contributed by atoms with Crippen LogP contribution in [0.5, 0.6) is 0 Å². The van der Waals surface area contributed by atoms with E-state index < -0.39 is 0 Å². The van der Waals surface area contributed by atoms with Crippen LogP contribution < -0.4 is 5.73 Å². The van der Waals surface area contributed by atoms with Gasteiger partial charge in [0.1, 0.15) is 6.61 Å². The number of rotatable bonds is 4. The fraction of sp³-hybridized carbons (Fsp3) is 0.500. The lowest BCUT2D eigenvalue weighted by Crippen LogP contribution is -2.52. The van der Waals surface area contributed by atoms with Gasteiger partial charge in [-0.2, -0.15) is 0 Å². The van der Waals surface area contributed by atoms with Gasteiger partial charge in [0.05, 0.1) is 12.6 Å². The van der Waals surface area contributed by atoms with Gasteiger partial charge in [-0.1, -0.05) is 31.2 Å². The number of hydrogen-bond acceptors (Lipinski definition) is 3. The molecule has 1 aromatic carbocycles. The molecule has 2 rings (SSSR count). The predicted octanol–water partition coefficient (Wildman–Crippen LogP) is 0.935. The van der Waals surface area contributed by atoms with E-state index in [0.717, 1.165) is 12.0 Å². The van der Waals surface area contributed by atoms with E-state index in [1.54, 1.807) is 0 Å². The minimum Gasteiger partial charge on any atom is -0.369 e. The number of morpholine rings is 1. The lowest BCUT2D eigenvalue weighted by molar-refractivity contribution is -0.148. The van der Waals surface area contributed by atoms with Gasteiger partial charge in [0.15, 0.2) is 0 Å². The summed E-state index contributed by atoms with van der Waals surface area (Å²) in [6.07, 6.45) is 1.03. The van der Waals surface area contributed by atoms with Gasteiger partial charge in [0.25, 0.3) is 0 Å². The van der Waals surface area contributed by atoms with Gasteiger partial charge in [-0.15, -0.1) is 0 Å². The number of nitrogens with zero attached hydrogens (tertiary/aromatic N) is 1. The Hall–Kier alpha value is -1.39. The summed E-state index contributed by atoms with van der Waals surface area (Å²) in [6.45, 7) is 3.90. The summed E-state index contributed by atoms with van der Waals surface area (Å²) in [4.78, 5) is 13.7. The molecular weight excluding hydrogens is 228 g/mol. The highest BCUT2D eigenvalue weighted by Crippen LogP contribution is 2.14. The Morgan fingerprint density at radius 1 is 1.33 bits per heavy atom. The highest BCUT2D eigenvalue weighted by Gasteiger charge is 2.27. The third kappa shape index (κ3) is 2.89. The van der Waals surface area contributed by atoms with Crippen LogP contribution in [-0.4, -0.2) is 36.6 Å². The molecule has 1 aliphatic rings. The quantitative estimate of drug-likeness (QED) is 0.862. The Morgan fingerprint density at radius 3 is 2.61 bits per heavy atom. The number of carbonyl (C=O) groups excluding carboxylic acids is 1. The van der Waals surface area contributed by atoms with Gasteiger partial charge < -0.3 is 15.4 Å². The Balaban J connectivity index is 2.07. The molecule has 0 radical (unpaired) electrons.